The molecule has 0 heterocycles. The molecule has 0 radical (unpaired) electrons. The third kappa shape index (κ3) is 3.39. The van der Waals surface area contributed by atoms with Crippen LogP contribution in [0.3, 0.4) is 0 Å². The standard InChI is InChI=1S/C25H26O4/c1-6-14(3)12-18-19(13-15(4)7-2)25(29-5)21-20(24(18)28)22(26)16-10-8-9-11-17(16)23(21)27/h8-11,13,28H,3,6-7,12H2,1-2,4-5H3/b15-13+. The fraction of sp³-hybridized carbons (Fsp3) is 0.280. The maximum absolute atomic E-state index is 13.3. The van der Waals surface area contributed by atoms with E-state index in [-0.39, 0.29) is 28.4 Å². The van der Waals surface area contributed by atoms with Crippen LogP contribution in [0.4, 0.5) is 0 Å². The number of rotatable bonds is 6. The summed E-state index contributed by atoms with van der Waals surface area (Å²) in [6.07, 6.45) is 3.88. The Bertz CT molecular complexity index is 1060. The van der Waals surface area contributed by atoms with Crippen molar-refractivity contribution in [1.29, 1.82) is 0 Å². The van der Waals surface area contributed by atoms with Crippen LogP contribution >= 0.6 is 0 Å². The van der Waals surface area contributed by atoms with E-state index in [1.165, 1.54) is 7.11 Å². The zero-order valence-electron chi connectivity index (χ0n) is 17.4. The van der Waals surface area contributed by atoms with E-state index >= 15 is 0 Å². The number of hydrogen-bond acceptors (Lipinski definition) is 4. The Balaban J connectivity index is 2.43. The number of carbonyl (C=O) groups excluding carboxylic acids is 2. The Labute approximate surface area is 171 Å². The smallest absolute Gasteiger partial charge is 0.198 e. The van der Waals surface area contributed by atoms with Crippen molar-refractivity contribution < 1.29 is 19.4 Å². The summed E-state index contributed by atoms with van der Waals surface area (Å²) in [6.45, 7) is 10.1. The van der Waals surface area contributed by atoms with Gasteiger partial charge in [-0.15, -0.1) is 0 Å². The van der Waals surface area contributed by atoms with Crippen LogP contribution in [0.5, 0.6) is 11.5 Å². The van der Waals surface area contributed by atoms with Crippen LogP contribution in [0.25, 0.3) is 6.08 Å². The van der Waals surface area contributed by atoms with Crippen LogP contribution in [-0.2, 0) is 6.42 Å². The maximum Gasteiger partial charge on any atom is 0.198 e. The number of phenols is 1. The van der Waals surface area contributed by atoms with Crippen LogP contribution in [0, 0.1) is 0 Å². The summed E-state index contributed by atoms with van der Waals surface area (Å²) in [7, 11) is 1.49. The molecule has 0 saturated carbocycles. The second-order valence-electron chi connectivity index (χ2n) is 7.35. The van der Waals surface area contributed by atoms with Gasteiger partial charge in [-0.1, -0.05) is 61.9 Å². The second-order valence-corrected chi connectivity index (χ2v) is 7.35. The van der Waals surface area contributed by atoms with Crippen LogP contribution in [0.1, 0.15) is 76.6 Å². The third-order valence-corrected chi connectivity index (χ3v) is 5.52. The maximum atomic E-state index is 13.3. The van der Waals surface area contributed by atoms with E-state index in [9.17, 15) is 14.7 Å². The Morgan fingerprint density at radius 1 is 1.07 bits per heavy atom. The second kappa shape index (κ2) is 8.08. The largest absolute Gasteiger partial charge is 0.507 e. The van der Waals surface area contributed by atoms with Gasteiger partial charge in [0.05, 0.1) is 18.2 Å². The molecular formula is C25H26O4. The minimum Gasteiger partial charge on any atom is -0.507 e. The molecule has 0 bridgehead atoms. The number of benzene rings is 2. The number of aromatic hydroxyl groups is 1. The van der Waals surface area contributed by atoms with E-state index in [4.69, 9.17) is 4.74 Å². The lowest BCUT2D eigenvalue weighted by Crippen LogP contribution is -2.23. The molecule has 0 atom stereocenters. The molecule has 0 spiro atoms. The lowest BCUT2D eigenvalue weighted by atomic mass is 9.79. The van der Waals surface area contributed by atoms with Crippen LogP contribution in [-0.4, -0.2) is 23.8 Å². The SMILES string of the molecule is C=C(CC)Cc1c(O)c2c(c(OC)c1/C=C(\C)CC)C(=O)c1ccccc1C2=O. The molecule has 0 unspecified atom stereocenters. The lowest BCUT2D eigenvalue weighted by Gasteiger charge is -2.25. The number of allylic oxidation sites excluding steroid dienone is 2. The first kappa shape index (κ1) is 20.6. The fourth-order valence-corrected chi connectivity index (χ4v) is 3.64. The van der Waals surface area contributed by atoms with Gasteiger partial charge in [0.25, 0.3) is 0 Å². The first-order valence-corrected chi connectivity index (χ1v) is 9.83. The summed E-state index contributed by atoms with van der Waals surface area (Å²) in [5.41, 5.74) is 3.98. The molecule has 1 aliphatic rings. The van der Waals surface area contributed by atoms with Crippen LogP contribution in [0.15, 0.2) is 42.0 Å². The summed E-state index contributed by atoms with van der Waals surface area (Å²) in [4.78, 5) is 26.5. The van der Waals surface area contributed by atoms with Crippen molar-refractivity contribution in [3.05, 3.63) is 75.4 Å². The molecule has 1 aliphatic carbocycles. The molecule has 4 nitrogen and oxygen atoms in total. The Morgan fingerprint density at radius 3 is 2.17 bits per heavy atom. The highest BCUT2D eigenvalue weighted by molar-refractivity contribution is 6.30. The number of carbonyl (C=O) groups is 2. The van der Waals surface area contributed by atoms with Gasteiger partial charge in [-0.2, -0.15) is 0 Å². The van der Waals surface area contributed by atoms with Gasteiger partial charge in [0.2, 0.25) is 0 Å². The molecular weight excluding hydrogens is 364 g/mol. The van der Waals surface area contributed by atoms with Crippen molar-refractivity contribution in [2.45, 2.75) is 40.0 Å². The first-order chi connectivity index (χ1) is 13.8. The van der Waals surface area contributed by atoms with Crippen molar-refractivity contribution in [2.75, 3.05) is 7.11 Å². The normalized spacial score (nSPS) is 13.2. The highest BCUT2D eigenvalue weighted by Gasteiger charge is 2.37. The zero-order valence-corrected chi connectivity index (χ0v) is 17.4. The molecule has 150 valence electrons. The summed E-state index contributed by atoms with van der Waals surface area (Å²) in [5.74, 6) is -0.500. The van der Waals surface area contributed by atoms with Crippen molar-refractivity contribution in [1.82, 2.24) is 0 Å². The summed E-state index contributed by atoms with van der Waals surface area (Å²) in [6, 6.07) is 6.69. The molecule has 2 aromatic carbocycles. The third-order valence-electron chi connectivity index (χ3n) is 5.52. The summed E-state index contributed by atoms with van der Waals surface area (Å²) >= 11 is 0. The number of fused-ring (bicyclic) bond motifs is 2. The molecule has 0 aromatic heterocycles. The number of ether oxygens (including phenoxy) is 1. The van der Waals surface area contributed by atoms with E-state index < -0.39 is 0 Å². The Morgan fingerprint density at radius 2 is 1.66 bits per heavy atom. The van der Waals surface area contributed by atoms with E-state index in [1.807, 2.05) is 26.8 Å². The van der Waals surface area contributed by atoms with Gasteiger partial charge in [-0.05, 0) is 26.2 Å². The van der Waals surface area contributed by atoms with E-state index in [0.717, 1.165) is 24.0 Å². The van der Waals surface area contributed by atoms with Crippen molar-refractivity contribution in [3.63, 3.8) is 0 Å². The minimum absolute atomic E-state index is 0.0238. The molecule has 0 aliphatic heterocycles. The van der Waals surface area contributed by atoms with Crippen molar-refractivity contribution in [3.8, 4) is 11.5 Å². The fourth-order valence-electron chi connectivity index (χ4n) is 3.64. The number of phenolic OH excluding ortho intramolecular Hbond substituents is 1. The van der Waals surface area contributed by atoms with Gasteiger partial charge >= 0.3 is 0 Å². The van der Waals surface area contributed by atoms with E-state index in [0.29, 0.717) is 34.4 Å². The Hall–Kier alpha value is -3.14. The highest BCUT2D eigenvalue weighted by atomic mass is 16.5. The summed E-state index contributed by atoms with van der Waals surface area (Å²) in [5, 5.41) is 11.2. The molecule has 29 heavy (non-hydrogen) atoms. The van der Waals surface area contributed by atoms with Crippen molar-refractivity contribution >= 4 is 17.6 Å². The average Bonchev–Trinajstić information content (AvgIpc) is 2.73. The van der Waals surface area contributed by atoms with Gasteiger partial charge in [0.15, 0.2) is 11.6 Å². The molecule has 0 amide bonds. The molecule has 2 aromatic rings. The Kier molecular flexibility index (Phi) is 5.73. The number of hydrogen-bond donors (Lipinski definition) is 1. The lowest BCUT2D eigenvalue weighted by molar-refractivity contribution is 0.0974. The summed E-state index contributed by atoms with van der Waals surface area (Å²) < 4.78 is 5.68. The zero-order chi connectivity index (χ0) is 21.3. The predicted octanol–water partition coefficient (Wildman–Crippen LogP) is 5.50. The molecule has 4 heteroatoms. The first-order valence-electron chi connectivity index (χ1n) is 9.83. The number of ketones is 2. The highest BCUT2D eigenvalue weighted by Crippen LogP contribution is 2.45. The van der Waals surface area contributed by atoms with E-state index in [1.54, 1.807) is 24.3 Å². The molecule has 0 fully saturated rings. The van der Waals surface area contributed by atoms with Gasteiger partial charge in [-0.3, -0.25) is 9.59 Å². The van der Waals surface area contributed by atoms with Gasteiger partial charge in [0.1, 0.15) is 11.5 Å². The average molecular weight is 390 g/mol. The molecule has 0 saturated heterocycles. The molecule has 1 N–H and O–H groups in total. The van der Waals surface area contributed by atoms with Crippen LogP contribution < -0.4 is 4.74 Å². The predicted molar refractivity (Wildman–Crippen MR) is 115 cm³/mol. The minimum atomic E-state index is -0.364. The topological polar surface area (TPSA) is 63.6 Å². The van der Waals surface area contributed by atoms with Crippen LogP contribution in [0.2, 0.25) is 0 Å². The molecule has 3 rings (SSSR count). The van der Waals surface area contributed by atoms with Gasteiger partial charge in [0, 0.05) is 22.3 Å². The van der Waals surface area contributed by atoms with Gasteiger partial charge in [-0.25, -0.2) is 0 Å². The quantitative estimate of drug-likeness (QED) is 0.565. The monoisotopic (exact) mass is 390 g/mol. The van der Waals surface area contributed by atoms with E-state index in [2.05, 4.69) is 6.58 Å². The number of methoxy groups -OCH3 is 1. The van der Waals surface area contributed by atoms with Gasteiger partial charge < -0.3 is 9.84 Å². The van der Waals surface area contributed by atoms with Crippen molar-refractivity contribution in [2.24, 2.45) is 0 Å².